The number of rotatable bonds is 0. The molecule has 0 unspecified atom stereocenters. The molecule has 0 aromatic rings. The van der Waals surface area contributed by atoms with E-state index >= 15 is 0 Å². The van der Waals surface area contributed by atoms with E-state index in [1.165, 1.54) is 0 Å². The molecule has 0 saturated heterocycles. The molecular formula is Cl3TiZr. The number of hydrogen-bond donors (Lipinski definition) is 0. The maximum atomic E-state index is 4.97. The zero-order chi connectivity index (χ0) is 3.58. The van der Waals surface area contributed by atoms with Crippen LogP contribution in [0.5, 0.6) is 0 Å². The van der Waals surface area contributed by atoms with Gasteiger partial charge in [-0.2, -0.15) is 0 Å². The zero-order valence-electron chi connectivity index (χ0n) is 2.13. The SMILES string of the molecule is [Cl][Ti]([Cl])[Cl].[Zr]. The van der Waals surface area contributed by atoms with Crippen molar-refractivity contribution in [3.8, 4) is 0 Å². The molecule has 0 aromatic heterocycles. The topological polar surface area (TPSA) is 0 Å². The van der Waals surface area contributed by atoms with Gasteiger partial charge in [0.05, 0.1) is 0 Å². The van der Waals surface area contributed by atoms with E-state index in [4.69, 9.17) is 27.9 Å². The Morgan fingerprint density at radius 1 is 1.00 bits per heavy atom. The van der Waals surface area contributed by atoms with Crippen LogP contribution in [0.25, 0.3) is 0 Å². The summed E-state index contributed by atoms with van der Waals surface area (Å²) in [6.07, 6.45) is 0. The van der Waals surface area contributed by atoms with Gasteiger partial charge >= 0.3 is 42.6 Å². The summed E-state index contributed by atoms with van der Waals surface area (Å²) in [7, 11) is 14.9. The molecule has 5 heavy (non-hydrogen) atoms. The summed E-state index contributed by atoms with van der Waals surface area (Å²) in [6.45, 7) is 0. The Balaban J connectivity index is 0. The second-order valence-corrected chi connectivity index (χ2v) is 7.95. The Morgan fingerprint density at radius 2 is 1.00 bits per heavy atom. The second kappa shape index (κ2) is 6.47. The Bertz CT molecular complexity index is 11.6. The van der Waals surface area contributed by atoms with E-state index < -0.39 is 14.7 Å². The van der Waals surface area contributed by atoms with Gasteiger partial charge in [-0.1, -0.05) is 0 Å². The van der Waals surface area contributed by atoms with Crippen molar-refractivity contribution in [1.29, 1.82) is 0 Å². The predicted molar refractivity (Wildman–Crippen MR) is 17.6 cm³/mol. The van der Waals surface area contributed by atoms with Crippen molar-refractivity contribution in [3.05, 3.63) is 0 Å². The third-order valence-corrected chi connectivity index (χ3v) is 0. The van der Waals surface area contributed by atoms with E-state index in [1.54, 1.807) is 0 Å². The van der Waals surface area contributed by atoms with Gasteiger partial charge < -0.3 is 0 Å². The maximum absolute atomic E-state index is 4.97. The average Bonchev–Trinajstić information content (AvgIpc) is 0.811. The van der Waals surface area contributed by atoms with Crippen molar-refractivity contribution < 1.29 is 40.9 Å². The van der Waals surface area contributed by atoms with Gasteiger partial charge in [0.1, 0.15) is 0 Å². The molecule has 0 radical (unpaired) electrons. The molecule has 0 amide bonds. The van der Waals surface area contributed by atoms with Crippen molar-refractivity contribution >= 4 is 27.9 Å². The van der Waals surface area contributed by atoms with E-state index in [9.17, 15) is 0 Å². The average molecular weight is 245 g/mol. The molecule has 0 nitrogen and oxygen atoms in total. The van der Waals surface area contributed by atoms with E-state index in [0.717, 1.165) is 0 Å². The molecule has 5 heteroatoms. The van der Waals surface area contributed by atoms with Crippen molar-refractivity contribution in [2.24, 2.45) is 0 Å². The van der Waals surface area contributed by atoms with Crippen LogP contribution in [-0.4, -0.2) is 0 Å². The van der Waals surface area contributed by atoms with Crippen LogP contribution in [-0.2, 0) is 40.9 Å². The quantitative estimate of drug-likeness (QED) is 0.573. The van der Waals surface area contributed by atoms with Crippen molar-refractivity contribution in [3.63, 3.8) is 0 Å². The van der Waals surface area contributed by atoms with Crippen LogP contribution in [0, 0.1) is 0 Å². The van der Waals surface area contributed by atoms with E-state index in [0.29, 0.717) is 0 Å². The molecule has 0 aliphatic rings. The molecule has 0 heterocycles. The Hall–Kier alpha value is 2.47. The standard InChI is InChI=1S/3ClH.Ti.Zr/h3*1H;;/q;;;+3;/p-3. The molecule has 0 atom stereocenters. The maximum Gasteiger partial charge on any atom is 0 e. The van der Waals surface area contributed by atoms with Gasteiger partial charge in [0, 0.05) is 26.2 Å². The summed E-state index contributed by atoms with van der Waals surface area (Å²) in [5, 5.41) is 0. The van der Waals surface area contributed by atoms with Crippen molar-refractivity contribution in [2.45, 2.75) is 0 Å². The summed E-state index contributed by atoms with van der Waals surface area (Å²) in [4.78, 5) is 0. The third kappa shape index (κ3) is 21.2. The van der Waals surface area contributed by atoms with E-state index in [-0.39, 0.29) is 26.2 Å². The first-order valence-corrected chi connectivity index (χ1v) is 7.01. The monoisotopic (exact) mass is 243 g/mol. The van der Waals surface area contributed by atoms with Gasteiger partial charge in [-0.05, 0) is 0 Å². The minimum absolute atomic E-state index is 0. The first-order chi connectivity index (χ1) is 1.73. The largest absolute Gasteiger partial charge is 0 e. The van der Waals surface area contributed by atoms with Crippen LogP contribution in [0.15, 0.2) is 0 Å². The molecule has 0 rings (SSSR count). The van der Waals surface area contributed by atoms with Crippen LogP contribution in [0.3, 0.4) is 0 Å². The Morgan fingerprint density at radius 3 is 1.00 bits per heavy atom. The first kappa shape index (κ1) is 10.4. The fraction of sp³-hybridized carbons (Fsp3) is 0. The summed E-state index contributed by atoms with van der Waals surface area (Å²) < 4.78 is 0. The van der Waals surface area contributed by atoms with Crippen LogP contribution in [0.1, 0.15) is 0 Å². The zero-order valence-corrected chi connectivity index (χ0v) is 8.42. The van der Waals surface area contributed by atoms with Crippen LogP contribution < -0.4 is 0 Å². The van der Waals surface area contributed by atoms with Gasteiger partial charge in [-0.3, -0.25) is 0 Å². The minimum Gasteiger partial charge on any atom is 0 e. The summed E-state index contributed by atoms with van der Waals surface area (Å²) in [5.74, 6) is 0. The third-order valence-electron chi connectivity index (χ3n) is 0. The van der Waals surface area contributed by atoms with Crippen molar-refractivity contribution in [2.75, 3.05) is 0 Å². The fourth-order valence-electron chi connectivity index (χ4n) is 0. The van der Waals surface area contributed by atoms with Crippen LogP contribution in [0.2, 0.25) is 0 Å². The predicted octanol–water partition coefficient (Wildman–Crippen LogP) is 2.06. The molecular weight excluding hydrogens is 245 g/mol. The minimum atomic E-state index is -1.92. The molecule has 0 saturated carbocycles. The molecule has 0 aromatic carbocycles. The normalized spacial score (nSPS) is 5.40. The van der Waals surface area contributed by atoms with Gasteiger partial charge in [0.25, 0.3) is 0 Å². The van der Waals surface area contributed by atoms with Crippen molar-refractivity contribution in [1.82, 2.24) is 0 Å². The molecule has 0 N–H and O–H groups in total. The number of halogens is 3. The Kier molecular flexibility index (Phi) is 13.5. The van der Waals surface area contributed by atoms with Crippen LogP contribution in [0.4, 0.5) is 0 Å². The summed E-state index contributed by atoms with van der Waals surface area (Å²) in [6, 6.07) is 0. The Labute approximate surface area is 67.7 Å². The fourth-order valence-corrected chi connectivity index (χ4v) is 0. The molecule has 0 fully saturated rings. The van der Waals surface area contributed by atoms with E-state index in [2.05, 4.69) is 0 Å². The molecule has 29 valence electrons. The molecule has 0 aliphatic heterocycles. The van der Waals surface area contributed by atoms with Crippen LogP contribution >= 0.6 is 27.9 Å². The molecule has 0 aliphatic carbocycles. The second-order valence-electron chi connectivity index (χ2n) is 0.214. The van der Waals surface area contributed by atoms with E-state index in [1.807, 2.05) is 0 Å². The van der Waals surface area contributed by atoms with Gasteiger partial charge in [0.2, 0.25) is 0 Å². The first-order valence-electron chi connectivity index (χ1n) is 0.567. The summed E-state index contributed by atoms with van der Waals surface area (Å²) in [5.41, 5.74) is 0. The number of hydrogen-bond acceptors (Lipinski definition) is 0. The van der Waals surface area contributed by atoms with Gasteiger partial charge in [-0.15, -0.1) is 0 Å². The summed E-state index contributed by atoms with van der Waals surface area (Å²) >= 11 is -1.92. The van der Waals surface area contributed by atoms with Gasteiger partial charge in [0.15, 0.2) is 0 Å². The van der Waals surface area contributed by atoms with Gasteiger partial charge in [-0.25, -0.2) is 0 Å². The smallest absolute Gasteiger partial charge is 0 e. The molecule has 0 spiro atoms. The molecule has 0 bridgehead atoms.